The molecular formula is C16H17N3O3. The van der Waals surface area contributed by atoms with Crippen molar-refractivity contribution in [1.82, 2.24) is 9.78 Å². The minimum atomic E-state index is -0.912. The average Bonchev–Trinajstić information content (AvgIpc) is 3.11. The summed E-state index contributed by atoms with van der Waals surface area (Å²) in [7, 11) is 0. The zero-order valence-electron chi connectivity index (χ0n) is 12.3. The predicted molar refractivity (Wildman–Crippen MR) is 81.0 cm³/mol. The first-order valence-corrected chi connectivity index (χ1v) is 7.29. The molecular weight excluding hydrogens is 282 g/mol. The van der Waals surface area contributed by atoms with Gasteiger partial charge >= 0.3 is 5.97 Å². The van der Waals surface area contributed by atoms with E-state index in [0.717, 1.165) is 6.42 Å². The molecule has 2 heterocycles. The van der Waals surface area contributed by atoms with E-state index in [1.54, 1.807) is 35.1 Å². The second-order valence-corrected chi connectivity index (χ2v) is 5.30. The Morgan fingerprint density at radius 3 is 2.82 bits per heavy atom. The van der Waals surface area contributed by atoms with E-state index < -0.39 is 11.9 Å². The van der Waals surface area contributed by atoms with Gasteiger partial charge < -0.3 is 10.0 Å². The normalized spacial score (nSPS) is 16.6. The van der Waals surface area contributed by atoms with E-state index in [1.807, 2.05) is 13.0 Å². The molecule has 0 saturated carbocycles. The van der Waals surface area contributed by atoms with E-state index >= 15 is 0 Å². The summed E-state index contributed by atoms with van der Waals surface area (Å²) in [5, 5.41) is 13.5. The van der Waals surface area contributed by atoms with Crippen LogP contribution >= 0.6 is 0 Å². The number of aryl methyl sites for hydroxylation is 1. The number of hydrogen-bond donors (Lipinski definition) is 1. The van der Waals surface area contributed by atoms with Gasteiger partial charge in [-0.2, -0.15) is 5.10 Å². The van der Waals surface area contributed by atoms with Crippen LogP contribution in [0.15, 0.2) is 36.5 Å². The number of fused-ring (bicyclic) bond motifs is 1. The number of carbonyl (C=O) groups excluding carboxylic acids is 1. The lowest BCUT2D eigenvalue weighted by atomic mass is 10.0. The monoisotopic (exact) mass is 299 g/mol. The quantitative estimate of drug-likeness (QED) is 0.938. The number of nitrogens with zero attached hydrogens (tertiary/aromatic N) is 3. The Labute approximate surface area is 128 Å². The third-order valence-corrected chi connectivity index (χ3v) is 3.88. The third-order valence-electron chi connectivity index (χ3n) is 3.88. The Kier molecular flexibility index (Phi) is 3.66. The standard InChI is InChI=1S/C16H17N3O3/c1-2-9-19-14(7-8-17-19)15(20)18-10-12(16(21)22)11-5-3-4-6-13(11)18/h3-8,12H,2,9-10H2,1H3,(H,21,22). The molecule has 1 atom stereocenters. The van der Waals surface area contributed by atoms with E-state index in [4.69, 9.17) is 0 Å². The zero-order chi connectivity index (χ0) is 15.7. The molecule has 0 spiro atoms. The highest BCUT2D eigenvalue weighted by Crippen LogP contribution is 2.37. The van der Waals surface area contributed by atoms with Crippen molar-refractivity contribution in [3.05, 3.63) is 47.8 Å². The van der Waals surface area contributed by atoms with Gasteiger partial charge in [0, 0.05) is 25.0 Å². The Bertz CT molecular complexity index is 723. The molecule has 1 aliphatic heterocycles. The summed E-state index contributed by atoms with van der Waals surface area (Å²) in [6.07, 6.45) is 2.47. The highest BCUT2D eigenvalue weighted by atomic mass is 16.4. The van der Waals surface area contributed by atoms with Crippen LogP contribution in [0.25, 0.3) is 0 Å². The Morgan fingerprint density at radius 1 is 1.32 bits per heavy atom. The third kappa shape index (κ3) is 2.26. The summed E-state index contributed by atoms with van der Waals surface area (Å²) in [4.78, 5) is 25.8. The molecule has 0 aliphatic carbocycles. The Morgan fingerprint density at radius 2 is 2.09 bits per heavy atom. The molecule has 114 valence electrons. The van der Waals surface area contributed by atoms with Crippen molar-refractivity contribution in [3.8, 4) is 0 Å². The van der Waals surface area contributed by atoms with E-state index in [-0.39, 0.29) is 12.5 Å². The maximum Gasteiger partial charge on any atom is 0.312 e. The van der Waals surface area contributed by atoms with E-state index in [1.165, 1.54) is 4.90 Å². The minimum Gasteiger partial charge on any atom is -0.481 e. The SMILES string of the molecule is CCCn1nccc1C(=O)N1CC(C(=O)O)c2ccccc21. The van der Waals surface area contributed by atoms with E-state index in [9.17, 15) is 14.7 Å². The lowest BCUT2D eigenvalue weighted by Crippen LogP contribution is -2.33. The zero-order valence-corrected chi connectivity index (χ0v) is 12.3. The molecule has 1 aliphatic rings. The van der Waals surface area contributed by atoms with Crippen LogP contribution in [0.5, 0.6) is 0 Å². The van der Waals surface area contributed by atoms with Crippen LogP contribution in [0.1, 0.15) is 35.3 Å². The van der Waals surface area contributed by atoms with E-state index in [0.29, 0.717) is 23.5 Å². The number of carboxylic acids is 1. The molecule has 1 aromatic heterocycles. The first-order chi connectivity index (χ1) is 10.6. The van der Waals surface area contributed by atoms with E-state index in [2.05, 4.69) is 5.10 Å². The molecule has 6 heteroatoms. The van der Waals surface area contributed by atoms with Gasteiger partial charge in [-0.05, 0) is 24.1 Å². The van der Waals surface area contributed by atoms with Gasteiger partial charge in [0.25, 0.3) is 5.91 Å². The summed E-state index contributed by atoms with van der Waals surface area (Å²) in [5.74, 6) is -1.80. The average molecular weight is 299 g/mol. The molecule has 0 fully saturated rings. The molecule has 0 bridgehead atoms. The summed E-state index contributed by atoms with van der Waals surface area (Å²) in [5.41, 5.74) is 1.84. The molecule has 3 rings (SSSR count). The summed E-state index contributed by atoms with van der Waals surface area (Å²) in [6, 6.07) is 8.84. The lowest BCUT2D eigenvalue weighted by Gasteiger charge is -2.18. The first-order valence-electron chi connectivity index (χ1n) is 7.29. The van der Waals surface area contributed by atoms with Crippen LogP contribution in [0.2, 0.25) is 0 Å². The van der Waals surface area contributed by atoms with Crippen molar-refractivity contribution in [2.75, 3.05) is 11.4 Å². The fourth-order valence-corrected chi connectivity index (χ4v) is 2.85. The molecule has 1 aromatic carbocycles. The fraction of sp³-hybridized carbons (Fsp3) is 0.312. The summed E-state index contributed by atoms with van der Waals surface area (Å²) >= 11 is 0. The van der Waals surface area contributed by atoms with Crippen molar-refractivity contribution in [1.29, 1.82) is 0 Å². The van der Waals surface area contributed by atoms with Crippen LogP contribution in [0, 0.1) is 0 Å². The first kappa shape index (κ1) is 14.3. The van der Waals surface area contributed by atoms with Gasteiger partial charge in [-0.3, -0.25) is 14.3 Å². The minimum absolute atomic E-state index is 0.158. The number of anilines is 1. The molecule has 1 amide bonds. The Balaban J connectivity index is 1.97. The van der Waals surface area contributed by atoms with Crippen LogP contribution in [-0.2, 0) is 11.3 Å². The second kappa shape index (κ2) is 5.63. The van der Waals surface area contributed by atoms with Crippen LogP contribution in [-0.4, -0.2) is 33.3 Å². The Hall–Kier alpha value is -2.63. The van der Waals surface area contributed by atoms with Gasteiger partial charge in [0.1, 0.15) is 11.6 Å². The largest absolute Gasteiger partial charge is 0.481 e. The van der Waals surface area contributed by atoms with Crippen LogP contribution in [0.4, 0.5) is 5.69 Å². The molecule has 2 aromatic rings. The van der Waals surface area contributed by atoms with Gasteiger partial charge in [0.15, 0.2) is 0 Å². The van der Waals surface area contributed by atoms with Crippen molar-refractivity contribution in [2.45, 2.75) is 25.8 Å². The van der Waals surface area contributed by atoms with Crippen LogP contribution in [0.3, 0.4) is 0 Å². The topological polar surface area (TPSA) is 75.4 Å². The van der Waals surface area contributed by atoms with Crippen molar-refractivity contribution in [3.63, 3.8) is 0 Å². The van der Waals surface area contributed by atoms with Gasteiger partial charge in [-0.25, -0.2) is 0 Å². The molecule has 1 unspecified atom stereocenters. The highest BCUT2D eigenvalue weighted by Gasteiger charge is 2.37. The van der Waals surface area contributed by atoms with Crippen molar-refractivity contribution < 1.29 is 14.7 Å². The summed E-state index contributed by atoms with van der Waals surface area (Å²) < 4.78 is 1.67. The van der Waals surface area contributed by atoms with Gasteiger partial charge in [-0.15, -0.1) is 0 Å². The number of para-hydroxylation sites is 1. The maximum absolute atomic E-state index is 12.8. The lowest BCUT2D eigenvalue weighted by molar-refractivity contribution is -0.138. The van der Waals surface area contributed by atoms with Gasteiger partial charge in [0.05, 0.1) is 0 Å². The fourth-order valence-electron chi connectivity index (χ4n) is 2.85. The molecule has 0 radical (unpaired) electrons. The number of rotatable bonds is 4. The number of hydrogen-bond acceptors (Lipinski definition) is 3. The number of amides is 1. The van der Waals surface area contributed by atoms with Gasteiger partial charge in [-0.1, -0.05) is 25.1 Å². The van der Waals surface area contributed by atoms with Crippen LogP contribution < -0.4 is 4.90 Å². The smallest absolute Gasteiger partial charge is 0.312 e. The number of benzene rings is 1. The predicted octanol–water partition coefficient (Wildman–Crippen LogP) is 2.12. The van der Waals surface area contributed by atoms with Crippen molar-refractivity contribution in [2.24, 2.45) is 0 Å². The molecule has 6 nitrogen and oxygen atoms in total. The van der Waals surface area contributed by atoms with Gasteiger partial charge in [0.2, 0.25) is 0 Å². The highest BCUT2D eigenvalue weighted by molar-refractivity contribution is 6.07. The number of aromatic nitrogens is 2. The molecule has 1 N–H and O–H groups in total. The number of carboxylic acid groups (broad SMARTS) is 1. The number of aliphatic carboxylic acids is 1. The molecule has 22 heavy (non-hydrogen) atoms. The second-order valence-electron chi connectivity index (χ2n) is 5.30. The van der Waals surface area contributed by atoms with Crippen molar-refractivity contribution >= 4 is 17.6 Å². The molecule has 0 saturated heterocycles. The maximum atomic E-state index is 12.8. The summed E-state index contributed by atoms with van der Waals surface area (Å²) in [6.45, 7) is 2.83. The number of carbonyl (C=O) groups is 2.